The molecule has 0 spiro atoms. The van der Waals surface area contributed by atoms with Crippen LogP contribution in [0.1, 0.15) is 46.0 Å². The van der Waals surface area contributed by atoms with Crippen molar-refractivity contribution >= 4 is 0 Å². The van der Waals surface area contributed by atoms with Crippen molar-refractivity contribution in [3.63, 3.8) is 0 Å². The third-order valence-electron chi connectivity index (χ3n) is 3.67. The third kappa shape index (κ3) is 3.25. The molecule has 0 saturated carbocycles. The number of rotatable bonds is 5. The van der Waals surface area contributed by atoms with E-state index in [4.69, 9.17) is 5.73 Å². The molecular weight excluding hydrogens is 172 g/mol. The van der Waals surface area contributed by atoms with Crippen molar-refractivity contribution in [3.05, 3.63) is 0 Å². The second kappa shape index (κ2) is 6.41. The molecule has 1 rings (SSSR count). The summed E-state index contributed by atoms with van der Waals surface area (Å²) in [6.45, 7) is 8.00. The molecule has 0 amide bonds. The molecule has 0 aromatic rings. The summed E-state index contributed by atoms with van der Waals surface area (Å²) in [5.74, 6) is 0.877. The van der Waals surface area contributed by atoms with Crippen LogP contribution in [0.5, 0.6) is 0 Å². The number of likely N-dealkylation sites (tertiary alicyclic amines) is 1. The standard InChI is InChI=1S/C12H26N2/c1-3-11(4-2)10-14-8-6-5-7-12(14)9-13/h11-12H,3-10,13H2,1-2H3. The molecule has 0 aromatic carbocycles. The largest absolute Gasteiger partial charge is 0.329 e. The third-order valence-corrected chi connectivity index (χ3v) is 3.67. The first-order valence-corrected chi connectivity index (χ1v) is 6.25. The van der Waals surface area contributed by atoms with Crippen molar-refractivity contribution in [2.75, 3.05) is 19.6 Å². The van der Waals surface area contributed by atoms with Crippen LogP contribution in [0.15, 0.2) is 0 Å². The van der Waals surface area contributed by atoms with E-state index in [1.807, 2.05) is 0 Å². The van der Waals surface area contributed by atoms with Gasteiger partial charge in [-0.15, -0.1) is 0 Å². The summed E-state index contributed by atoms with van der Waals surface area (Å²) in [5, 5.41) is 0. The molecule has 1 heterocycles. The number of piperidine rings is 1. The Morgan fingerprint density at radius 1 is 1.29 bits per heavy atom. The Hall–Kier alpha value is -0.0800. The Morgan fingerprint density at radius 3 is 2.57 bits per heavy atom. The van der Waals surface area contributed by atoms with Gasteiger partial charge in [-0.2, -0.15) is 0 Å². The number of nitrogens with zero attached hydrogens (tertiary/aromatic N) is 1. The average molecular weight is 198 g/mol. The quantitative estimate of drug-likeness (QED) is 0.734. The SMILES string of the molecule is CCC(CC)CN1CCCCC1CN. The smallest absolute Gasteiger partial charge is 0.0218 e. The van der Waals surface area contributed by atoms with Gasteiger partial charge < -0.3 is 5.73 Å². The number of nitrogens with two attached hydrogens (primary N) is 1. The number of hydrogen-bond acceptors (Lipinski definition) is 2. The van der Waals surface area contributed by atoms with Gasteiger partial charge in [-0.3, -0.25) is 4.90 Å². The first kappa shape index (κ1) is 12.0. The van der Waals surface area contributed by atoms with Gasteiger partial charge in [-0.1, -0.05) is 33.1 Å². The van der Waals surface area contributed by atoms with Gasteiger partial charge in [0.1, 0.15) is 0 Å². The van der Waals surface area contributed by atoms with Crippen molar-refractivity contribution in [1.82, 2.24) is 4.90 Å². The van der Waals surface area contributed by atoms with E-state index in [-0.39, 0.29) is 0 Å². The first-order valence-electron chi connectivity index (χ1n) is 6.25. The molecule has 2 heteroatoms. The van der Waals surface area contributed by atoms with Crippen LogP contribution < -0.4 is 5.73 Å². The minimum Gasteiger partial charge on any atom is -0.329 e. The summed E-state index contributed by atoms with van der Waals surface area (Å²) in [6, 6.07) is 0.671. The van der Waals surface area contributed by atoms with Crippen LogP contribution in [0.25, 0.3) is 0 Å². The summed E-state index contributed by atoms with van der Waals surface area (Å²) in [6.07, 6.45) is 6.68. The van der Waals surface area contributed by atoms with E-state index in [9.17, 15) is 0 Å². The van der Waals surface area contributed by atoms with Gasteiger partial charge in [0.05, 0.1) is 0 Å². The summed E-state index contributed by atoms with van der Waals surface area (Å²) in [7, 11) is 0. The maximum Gasteiger partial charge on any atom is 0.0218 e. The molecule has 1 aliphatic rings. The Morgan fingerprint density at radius 2 is 2.00 bits per heavy atom. The molecule has 1 unspecified atom stereocenters. The fourth-order valence-corrected chi connectivity index (χ4v) is 2.45. The molecule has 2 nitrogen and oxygen atoms in total. The van der Waals surface area contributed by atoms with E-state index in [0.717, 1.165) is 12.5 Å². The fourth-order valence-electron chi connectivity index (χ4n) is 2.45. The zero-order valence-corrected chi connectivity index (χ0v) is 9.84. The van der Waals surface area contributed by atoms with Gasteiger partial charge in [0.25, 0.3) is 0 Å². The maximum absolute atomic E-state index is 5.81. The highest BCUT2D eigenvalue weighted by Gasteiger charge is 2.22. The van der Waals surface area contributed by atoms with Gasteiger partial charge >= 0.3 is 0 Å². The molecule has 0 radical (unpaired) electrons. The Kier molecular flexibility index (Phi) is 5.49. The van der Waals surface area contributed by atoms with Crippen molar-refractivity contribution in [3.8, 4) is 0 Å². The van der Waals surface area contributed by atoms with Crippen LogP contribution in [-0.4, -0.2) is 30.6 Å². The molecule has 2 N–H and O–H groups in total. The lowest BCUT2D eigenvalue weighted by atomic mass is 9.97. The van der Waals surface area contributed by atoms with E-state index in [2.05, 4.69) is 18.7 Å². The van der Waals surface area contributed by atoms with Crippen LogP contribution in [0, 0.1) is 5.92 Å². The average Bonchev–Trinajstić information content (AvgIpc) is 2.26. The minimum atomic E-state index is 0.671. The molecule has 1 saturated heterocycles. The molecule has 1 atom stereocenters. The highest BCUT2D eigenvalue weighted by molar-refractivity contribution is 4.78. The summed E-state index contributed by atoms with van der Waals surface area (Å²) in [4.78, 5) is 2.63. The lowest BCUT2D eigenvalue weighted by Crippen LogP contribution is -2.46. The van der Waals surface area contributed by atoms with Crippen molar-refractivity contribution < 1.29 is 0 Å². The predicted molar refractivity (Wildman–Crippen MR) is 62.3 cm³/mol. The lowest BCUT2D eigenvalue weighted by Gasteiger charge is -2.37. The summed E-state index contributed by atoms with van der Waals surface area (Å²) in [5.41, 5.74) is 5.81. The van der Waals surface area contributed by atoms with Crippen LogP contribution >= 0.6 is 0 Å². The molecule has 0 aromatic heterocycles. The van der Waals surface area contributed by atoms with Gasteiger partial charge in [0.15, 0.2) is 0 Å². The van der Waals surface area contributed by atoms with Crippen molar-refractivity contribution in [2.45, 2.75) is 52.0 Å². The Labute approximate surface area is 88.8 Å². The zero-order chi connectivity index (χ0) is 10.4. The lowest BCUT2D eigenvalue weighted by molar-refractivity contribution is 0.126. The molecule has 0 bridgehead atoms. The molecule has 1 aliphatic heterocycles. The highest BCUT2D eigenvalue weighted by Crippen LogP contribution is 2.19. The monoisotopic (exact) mass is 198 g/mol. The molecule has 1 fully saturated rings. The normalized spacial score (nSPS) is 24.4. The predicted octanol–water partition coefficient (Wildman–Crippen LogP) is 2.24. The summed E-state index contributed by atoms with van der Waals surface area (Å²) < 4.78 is 0. The van der Waals surface area contributed by atoms with Crippen molar-refractivity contribution in [2.24, 2.45) is 11.7 Å². The molecular formula is C12H26N2. The Bertz CT molecular complexity index is 143. The van der Waals surface area contributed by atoms with Crippen LogP contribution in [0.4, 0.5) is 0 Å². The van der Waals surface area contributed by atoms with Gasteiger partial charge in [-0.05, 0) is 25.3 Å². The van der Waals surface area contributed by atoms with Crippen LogP contribution in [-0.2, 0) is 0 Å². The zero-order valence-electron chi connectivity index (χ0n) is 9.84. The van der Waals surface area contributed by atoms with Crippen LogP contribution in [0.3, 0.4) is 0 Å². The van der Waals surface area contributed by atoms with Gasteiger partial charge in [0.2, 0.25) is 0 Å². The minimum absolute atomic E-state index is 0.671. The van der Waals surface area contributed by atoms with E-state index in [0.29, 0.717) is 6.04 Å². The second-order valence-electron chi connectivity index (χ2n) is 4.56. The van der Waals surface area contributed by atoms with E-state index >= 15 is 0 Å². The van der Waals surface area contributed by atoms with Crippen molar-refractivity contribution in [1.29, 1.82) is 0 Å². The Balaban J connectivity index is 2.39. The van der Waals surface area contributed by atoms with Gasteiger partial charge in [0, 0.05) is 19.1 Å². The first-order chi connectivity index (χ1) is 6.81. The molecule has 0 aliphatic carbocycles. The van der Waals surface area contributed by atoms with E-state index in [1.54, 1.807) is 0 Å². The maximum atomic E-state index is 5.81. The van der Waals surface area contributed by atoms with Gasteiger partial charge in [-0.25, -0.2) is 0 Å². The van der Waals surface area contributed by atoms with E-state index in [1.165, 1.54) is 45.2 Å². The topological polar surface area (TPSA) is 29.3 Å². The second-order valence-corrected chi connectivity index (χ2v) is 4.56. The fraction of sp³-hybridized carbons (Fsp3) is 1.00. The van der Waals surface area contributed by atoms with E-state index < -0.39 is 0 Å². The summed E-state index contributed by atoms with van der Waals surface area (Å²) >= 11 is 0. The molecule has 84 valence electrons. The highest BCUT2D eigenvalue weighted by atomic mass is 15.2. The van der Waals surface area contributed by atoms with Crippen LogP contribution in [0.2, 0.25) is 0 Å². The number of hydrogen-bond donors (Lipinski definition) is 1. The molecule has 14 heavy (non-hydrogen) atoms.